The van der Waals surface area contributed by atoms with E-state index in [0.29, 0.717) is 0 Å². The van der Waals surface area contributed by atoms with Crippen LogP contribution in [-0.4, -0.2) is 21.9 Å². The smallest absolute Gasteiger partial charge is 1.00 e. The van der Waals surface area contributed by atoms with Gasteiger partial charge in [-0.15, -0.1) is 0 Å². The van der Waals surface area contributed by atoms with Crippen LogP contribution in [0.5, 0.6) is 0 Å². The van der Waals surface area contributed by atoms with Crippen molar-refractivity contribution in [3.05, 3.63) is 0 Å². The van der Waals surface area contributed by atoms with E-state index in [2.05, 4.69) is 0 Å². The molecule has 0 fully saturated rings. The number of hydrogen-bond donors (Lipinski definition) is 0. The van der Waals surface area contributed by atoms with Crippen LogP contribution in [0.3, 0.4) is 0 Å². The molecule has 0 amide bonds. The van der Waals surface area contributed by atoms with Gasteiger partial charge in [-0.05, 0) is 0 Å². The molecule has 0 saturated carbocycles. The predicted octanol–water partition coefficient (Wildman–Crippen LogP) is -21.7. The summed E-state index contributed by atoms with van der Waals surface area (Å²) < 4.78 is 0. The van der Waals surface area contributed by atoms with Crippen molar-refractivity contribution in [2.45, 2.75) is 0 Å². The van der Waals surface area contributed by atoms with Crippen LogP contribution in [0.1, 0.15) is 0 Å². The zero-order chi connectivity index (χ0) is 0. The first kappa shape index (κ1) is 102. The molecule has 0 heterocycles. The van der Waals surface area contributed by atoms with Crippen LogP contribution in [0.25, 0.3) is 0 Å². The van der Waals surface area contributed by atoms with E-state index < -0.39 is 0 Å². The Morgan fingerprint density at radius 1 is 0.222 bits per heavy atom. The normalized spacial score (nSPS) is 0. The molecule has 0 atom stereocenters. The van der Waals surface area contributed by atoms with E-state index in [0.717, 1.165) is 0 Å². The minimum Gasteiger partial charge on any atom is -1.00 e. The predicted molar refractivity (Wildman–Crippen MR) is 11.5 cm³/mol. The van der Waals surface area contributed by atoms with Crippen molar-refractivity contribution in [3.63, 3.8) is 0 Å². The summed E-state index contributed by atoms with van der Waals surface area (Å²) in [6.07, 6.45) is 0. The van der Waals surface area contributed by atoms with Crippen molar-refractivity contribution in [1.82, 2.24) is 0 Å². The van der Waals surface area contributed by atoms with E-state index in [-0.39, 0.29) is 154 Å². The molecule has 6 radical (unpaired) electrons. The molecule has 0 N–H and O–H groups in total. The summed E-state index contributed by atoms with van der Waals surface area (Å²) in [6.45, 7) is 0. The van der Waals surface area contributed by atoms with Gasteiger partial charge in [-0.3, -0.25) is 0 Å². The van der Waals surface area contributed by atoms with Crippen molar-refractivity contribution in [2.75, 3.05) is 0 Å². The van der Waals surface area contributed by atoms with E-state index in [1.807, 2.05) is 0 Å². The van der Waals surface area contributed by atoms with E-state index in [1.54, 1.807) is 0 Å². The monoisotopic (exact) mass is 105 g/mol. The quantitative estimate of drug-likeness (QED) is 0.268. The summed E-state index contributed by atoms with van der Waals surface area (Å²) in [5.74, 6) is 0. The third-order valence-corrected chi connectivity index (χ3v) is 0. The molecule has 0 aromatic rings. The van der Waals surface area contributed by atoms with Crippen molar-refractivity contribution >= 4 is 21.9 Å². The Balaban J connectivity index is 0. The molecule has 10 valence electrons. The standard InChI is InChI=1S/7Li.2Si/q7*+1;2*-1. The second-order valence-electron chi connectivity index (χ2n) is 0. The van der Waals surface area contributed by atoms with Crippen molar-refractivity contribution < 1.29 is 132 Å². The minimum atomic E-state index is 0. The van der Waals surface area contributed by atoms with E-state index in [9.17, 15) is 0 Å². The molecule has 0 aliphatic heterocycles. The van der Waals surface area contributed by atoms with Gasteiger partial charge in [0.25, 0.3) is 0 Å². The zero-order valence-corrected chi connectivity index (χ0v) is 10.0. The summed E-state index contributed by atoms with van der Waals surface area (Å²) in [7, 11) is 0. The van der Waals surface area contributed by atoms with Crippen LogP contribution in [0, 0.1) is 0 Å². The van der Waals surface area contributed by atoms with Gasteiger partial charge >= 0.3 is 132 Å². The summed E-state index contributed by atoms with van der Waals surface area (Å²) in [5, 5.41) is 0. The van der Waals surface area contributed by atoms with Crippen LogP contribution < -0.4 is 132 Å². The molecule has 0 saturated heterocycles. The number of rotatable bonds is 0. The first-order valence-corrected chi connectivity index (χ1v) is 0. The maximum absolute atomic E-state index is 0. The third kappa shape index (κ3) is 66.7. The Morgan fingerprint density at radius 2 is 0.222 bits per heavy atom. The molecule has 9 heteroatoms. The summed E-state index contributed by atoms with van der Waals surface area (Å²) in [4.78, 5) is 0. The second-order valence-corrected chi connectivity index (χ2v) is 0. The first-order chi connectivity index (χ1) is 0. The van der Waals surface area contributed by atoms with Crippen molar-refractivity contribution in [2.24, 2.45) is 0 Å². The van der Waals surface area contributed by atoms with Gasteiger partial charge in [0, 0.05) is 0 Å². The molecule has 0 bridgehead atoms. The first-order valence-electron chi connectivity index (χ1n) is 0. The Morgan fingerprint density at radius 3 is 0.222 bits per heavy atom. The second kappa shape index (κ2) is 79.9. The van der Waals surface area contributed by atoms with Gasteiger partial charge in [0.1, 0.15) is 0 Å². The molecule has 0 aromatic heterocycles. The fourth-order valence-corrected chi connectivity index (χ4v) is 0. The molecule has 0 aliphatic rings. The van der Waals surface area contributed by atoms with Crippen LogP contribution in [0.2, 0.25) is 0 Å². The fraction of sp³-hybridized carbons (Fsp3) is 0. The summed E-state index contributed by atoms with van der Waals surface area (Å²) in [5.41, 5.74) is 0. The topological polar surface area (TPSA) is 0 Å². The van der Waals surface area contributed by atoms with Crippen molar-refractivity contribution in [3.8, 4) is 0 Å². The summed E-state index contributed by atoms with van der Waals surface area (Å²) >= 11 is 0. The van der Waals surface area contributed by atoms with Gasteiger partial charge in [0.15, 0.2) is 0 Å². The number of hydrogen-bond acceptors (Lipinski definition) is 0. The van der Waals surface area contributed by atoms with Gasteiger partial charge in [0.2, 0.25) is 0 Å². The van der Waals surface area contributed by atoms with Gasteiger partial charge in [-0.1, -0.05) is 0 Å². The summed E-state index contributed by atoms with van der Waals surface area (Å²) in [6, 6.07) is 0. The molecular weight excluding hydrogens is 105 g/mol. The third-order valence-electron chi connectivity index (χ3n) is 0. The fourth-order valence-electron chi connectivity index (χ4n) is 0. The van der Waals surface area contributed by atoms with Crippen molar-refractivity contribution in [1.29, 1.82) is 0 Å². The van der Waals surface area contributed by atoms with Gasteiger partial charge in [-0.25, -0.2) is 0 Å². The van der Waals surface area contributed by atoms with E-state index in [4.69, 9.17) is 0 Å². The largest absolute Gasteiger partial charge is 1.00 e. The Kier molecular flexibility index (Phi) is 903. The van der Waals surface area contributed by atoms with Crippen LogP contribution in [0.4, 0.5) is 0 Å². The Bertz CT molecular complexity index is 6.88. The molecular formula is Li7Si2+5. The van der Waals surface area contributed by atoms with Gasteiger partial charge in [-0.2, -0.15) is 0 Å². The van der Waals surface area contributed by atoms with Crippen LogP contribution in [0.15, 0.2) is 0 Å². The molecule has 0 rings (SSSR count). The zero-order valence-electron chi connectivity index (χ0n) is 8.00. The molecule has 9 heavy (non-hydrogen) atoms. The van der Waals surface area contributed by atoms with E-state index in [1.165, 1.54) is 0 Å². The maximum Gasteiger partial charge on any atom is 1.00 e. The average molecular weight is 105 g/mol. The average Bonchev–Trinajstić information content (AvgIpc) is 0. The van der Waals surface area contributed by atoms with Gasteiger partial charge < -0.3 is 21.9 Å². The van der Waals surface area contributed by atoms with Crippen LogP contribution >= 0.6 is 0 Å². The van der Waals surface area contributed by atoms with Gasteiger partial charge in [0.05, 0.1) is 0 Å². The van der Waals surface area contributed by atoms with E-state index >= 15 is 0 Å². The minimum absolute atomic E-state index is 0. The Hall–Kier alpha value is 4.62. The molecule has 0 aliphatic carbocycles. The molecule has 0 spiro atoms. The molecule has 0 unspecified atom stereocenters. The van der Waals surface area contributed by atoms with Crippen LogP contribution in [-0.2, 0) is 0 Å². The molecule has 0 nitrogen and oxygen atoms in total. The Labute approximate surface area is 151 Å². The maximum atomic E-state index is 0. The SMILES string of the molecule is [Li+].[Li+].[Li+].[Li+].[Li+].[Li+].[Li+].[Si-].[Si-]. The molecule has 0 aromatic carbocycles.